The number of halogens is 2. The molecular weight excluding hydrogens is 570 g/mol. The summed E-state index contributed by atoms with van der Waals surface area (Å²) < 4.78 is 18.8. The van der Waals surface area contributed by atoms with E-state index >= 15 is 0 Å². The number of hydrogen-bond donors (Lipinski definition) is 1. The third kappa shape index (κ3) is 5.81. The number of piperazine rings is 1. The fraction of sp³-hybridized carbons (Fsp3) is 0.385. The maximum absolute atomic E-state index is 15.0. The van der Waals surface area contributed by atoms with E-state index in [1.54, 1.807) is 9.18 Å². The highest BCUT2D eigenvalue weighted by Gasteiger charge is 2.17. The van der Waals surface area contributed by atoms with Crippen LogP contribution in [0.2, 0.25) is 0 Å². The van der Waals surface area contributed by atoms with E-state index in [4.69, 9.17) is 0 Å². The van der Waals surface area contributed by atoms with Crippen LogP contribution in [0, 0.1) is 12.7 Å². The fourth-order valence-corrected chi connectivity index (χ4v) is 4.92. The molecule has 1 aliphatic rings. The lowest BCUT2D eigenvalue weighted by molar-refractivity contribution is 0.233. The zero-order valence-electron chi connectivity index (χ0n) is 21.2. The highest BCUT2D eigenvalue weighted by Crippen LogP contribution is 2.29. The van der Waals surface area contributed by atoms with Crippen LogP contribution in [0.3, 0.4) is 0 Å². The van der Waals surface area contributed by atoms with Gasteiger partial charge >= 0.3 is 0 Å². The van der Waals surface area contributed by atoms with Gasteiger partial charge in [-0.2, -0.15) is 0 Å². The smallest absolute Gasteiger partial charge is 0.240 e. The summed E-state index contributed by atoms with van der Waals surface area (Å²) in [6.07, 6.45) is 8.74. The fourth-order valence-electron chi connectivity index (χ4n) is 4.41. The van der Waals surface area contributed by atoms with Crippen molar-refractivity contribution in [1.82, 2.24) is 34.7 Å². The molecule has 0 atom stereocenters. The number of imidazole rings is 1. The summed E-state index contributed by atoms with van der Waals surface area (Å²) >= 11 is 2.10. The van der Waals surface area contributed by atoms with Crippen molar-refractivity contribution in [1.29, 1.82) is 0 Å². The predicted octanol–water partition coefficient (Wildman–Crippen LogP) is 3.28. The van der Waals surface area contributed by atoms with Crippen molar-refractivity contribution >= 4 is 52.9 Å². The van der Waals surface area contributed by atoms with Crippen molar-refractivity contribution in [3.05, 3.63) is 64.2 Å². The number of aryl methyl sites for hydroxylation is 1. The molecule has 3 aromatic rings. The van der Waals surface area contributed by atoms with Crippen LogP contribution in [-0.2, 0) is 6.54 Å². The molecule has 4 rings (SSSR count). The Bertz CT molecular complexity index is 1340. The SMILES string of the molecule is C=c1nc(C)n(C(C)C)/c1=C/C(=C\C)c1cc(N(I)c2ncc(CN3CCNCC3)cn2)ncc1F. The van der Waals surface area contributed by atoms with Gasteiger partial charge in [0.15, 0.2) is 0 Å². The minimum absolute atomic E-state index is 0.201. The number of nitrogens with one attached hydrogen (secondary N) is 1. The van der Waals surface area contributed by atoms with Gasteiger partial charge in [-0.25, -0.2) is 27.4 Å². The van der Waals surface area contributed by atoms with Gasteiger partial charge in [0.1, 0.15) is 17.5 Å². The number of nitrogens with zero attached hydrogens (tertiary/aromatic N) is 7. The second-order valence-electron chi connectivity index (χ2n) is 9.06. The van der Waals surface area contributed by atoms with Crippen molar-refractivity contribution in [2.24, 2.45) is 0 Å². The summed E-state index contributed by atoms with van der Waals surface area (Å²) in [6, 6.07) is 1.92. The lowest BCUT2D eigenvalue weighted by atomic mass is 10.1. The standard InChI is InChI=1S/C26H32FIN8/c1-6-21(11-24-18(4)33-19(5)35(24)17(2)3)22-12-25(30-15-23(22)27)36(28)26-31-13-20(14-32-26)16-34-9-7-29-8-10-34/h6,11-15,17,29H,4,7-10,16H2,1-3,5H3/b21-6+,24-11+. The molecule has 0 radical (unpaired) electrons. The Hall–Kier alpha value is -2.70. The first-order valence-electron chi connectivity index (χ1n) is 12.1. The van der Waals surface area contributed by atoms with Gasteiger partial charge in [-0.3, -0.25) is 4.90 Å². The van der Waals surface area contributed by atoms with E-state index in [1.807, 2.05) is 38.4 Å². The molecule has 1 fully saturated rings. The second kappa shape index (κ2) is 11.6. The van der Waals surface area contributed by atoms with E-state index in [2.05, 4.69) is 78.0 Å². The molecule has 0 bridgehead atoms. The molecule has 1 saturated heterocycles. The molecule has 0 aromatic carbocycles. The number of allylic oxidation sites excluding steroid dienone is 2. The summed E-state index contributed by atoms with van der Waals surface area (Å²) in [7, 11) is 0. The van der Waals surface area contributed by atoms with Crippen molar-refractivity contribution in [3.63, 3.8) is 0 Å². The molecule has 36 heavy (non-hydrogen) atoms. The van der Waals surface area contributed by atoms with Gasteiger partial charge in [-0.15, -0.1) is 0 Å². The molecule has 0 spiro atoms. The number of anilines is 2. The number of pyridine rings is 1. The van der Waals surface area contributed by atoms with Crippen LogP contribution < -0.4 is 19.1 Å². The minimum Gasteiger partial charge on any atom is -0.326 e. The molecule has 0 saturated carbocycles. The van der Waals surface area contributed by atoms with E-state index in [-0.39, 0.29) is 6.04 Å². The summed E-state index contributed by atoms with van der Waals surface area (Å²) in [5, 5.41) is 4.89. The Morgan fingerprint density at radius 1 is 1.22 bits per heavy atom. The summed E-state index contributed by atoms with van der Waals surface area (Å²) in [5.41, 5.74) is 2.22. The molecular formula is C26H32FIN8. The Morgan fingerprint density at radius 2 is 1.92 bits per heavy atom. The average molecular weight is 603 g/mol. The van der Waals surface area contributed by atoms with Crippen LogP contribution in [0.1, 0.15) is 43.8 Å². The minimum atomic E-state index is -0.405. The van der Waals surface area contributed by atoms with Crippen molar-refractivity contribution in [2.45, 2.75) is 40.3 Å². The maximum Gasteiger partial charge on any atom is 0.240 e. The first kappa shape index (κ1) is 26.4. The highest BCUT2D eigenvalue weighted by molar-refractivity contribution is 14.1. The third-order valence-electron chi connectivity index (χ3n) is 6.16. The first-order chi connectivity index (χ1) is 17.3. The molecule has 190 valence electrons. The van der Waals surface area contributed by atoms with Gasteiger partial charge in [0.25, 0.3) is 0 Å². The Balaban J connectivity index is 1.61. The van der Waals surface area contributed by atoms with E-state index in [9.17, 15) is 4.39 Å². The van der Waals surface area contributed by atoms with Gasteiger partial charge in [-0.1, -0.05) is 12.7 Å². The summed E-state index contributed by atoms with van der Waals surface area (Å²) in [6.45, 7) is 17.0. The molecule has 0 unspecified atom stereocenters. The lowest BCUT2D eigenvalue weighted by Crippen LogP contribution is -2.42. The monoisotopic (exact) mass is 602 g/mol. The highest BCUT2D eigenvalue weighted by atomic mass is 127. The van der Waals surface area contributed by atoms with Gasteiger partial charge in [0.2, 0.25) is 5.95 Å². The molecule has 0 amide bonds. The predicted molar refractivity (Wildman–Crippen MR) is 151 cm³/mol. The van der Waals surface area contributed by atoms with E-state index < -0.39 is 5.82 Å². The molecule has 1 N–H and O–H groups in total. The number of hydrogen-bond acceptors (Lipinski definition) is 7. The first-order valence-corrected chi connectivity index (χ1v) is 13.0. The van der Waals surface area contributed by atoms with Crippen LogP contribution >= 0.6 is 22.9 Å². The third-order valence-corrected chi connectivity index (χ3v) is 7.08. The molecule has 10 heteroatoms. The average Bonchev–Trinajstić information content (AvgIpc) is 3.16. The summed E-state index contributed by atoms with van der Waals surface area (Å²) in [5.74, 6) is 1.50. The van der Waals surface area contributed by atoms with Crippen LogP contribution in [0.15, 0.2) is 30.7 Å². The molecule has 0 aliphatic carbocycles. The van der Waals surface area contributed by atoms with Gasteiger partial charge in [-0.05, 0) is 45.4 Å². The number of rotatable bonds is 7. The normalized spacial score (nSPS) is 15.6. The van der Waals surface area contributed by atoms with E-state index in [0.717, 1.165) is 55.0 Å². The Morgan fingerprint density at radius 3 is 2.56 bits per heavy atom. The summed E-state index contributed by atoms with van der Waals surface area (Å²) in [4.78, 5) is 20.3. The zero-order chi connectivity index (χ0) is 25.8. The molecule has 4 heterocycles. The van der Waals surface area contributed by atoms with Crippen LogP contribution in [-0.4, -0.2) is 55.6 Å². The Labute approximate surface area is 225 Å². The van der Waals surface area contributed by atoms with Gasteiger partial charge in [0.05, 0.1) is 39.8 Å². The van der Waals surface area contributed by atoms with Crippen molar-refractivity contribution < 1.29 is 4.39 Å². The molecule has 1 aliphatic heterocycles. The van der Waals surface area contributed by atoms with Gasteiger partial charge < -0.3 is 9.88 Å². The molecule has 3 aromatic heterocycles. The van der Waals surface area contributed by atoms with Crippen molar-refractivity contribution in [3.8, 4) is 0 Å². The lowest BCUT2D eigenvalue weighted by Gasteiger charge is -2.27. The van der Waals surface area contributed by atoms with Gasteiger partial charge in [0, 0.05) is 62.3 Å². The zero-order valence-corrected chi connectivity index (χ0v) is 23.3. The molecule has 8 nitrogen and oxygen atoms in total. The number of aromatic nitrogens is 5. The van der Waals surface area contributed by atoms with Crippen LogP contribution in [0.4, 0.5) is 16.2 Å². The maximum atomic E-state index is 15.0. The quantitative estimate of drug-likeness (QED) is 0.329. The van der Waals surface area contributed by atoms with Crippen molar-refractivity contribution in [2.75, 3.05) is 29.3 Å². The topological polar surface area (TPSA) is 75.0 Å². The second-order valence-corrected chi connectivity index (χ2v) is 10.0. The largest absolute Gasteiger partial charge is 0.326 e. The van der Waals surface area contributed by atoms with Crippen LogP contribution in [0.25, 0.3) is 18.2 Å². The van der Waals surface area contributed by atoms with Crippen LogP contribution in [0.5, 0.6) is 0 Å². The Kier molecular flexibility index (Phi) is 8.47. The van der Waals surface area contributed by atoms with E-state index in [0.29, 0.717) is 22.7 Å². The van der Waals surface area contributed by atoms with E-state index in [1.165, 1.54) is 6.20 Å².